The Hall–Kier alpha value is -1.47. The molecule has 0 spiro atoms. The molecule has 0 atom stereocenters. The van der Waals surface area contributed by atoms with Crippen molar-refractivity contribution in [1.82, 2.24) is 15.0 Å². The zero-order valence-electron chi connectivity index (χ0n) is 8.95. The Labute approximate surface area is 109 Å². The lowest BCUT2D eigenvalue weighted by molar-refractivity contribution is 0.415. The summed E-state index contributed by atoms with van der Waals surface area (Å²) in [7, 11) is 1.62. The highest BCUT2D eigenvalue weighted by atomic mass is 32.1. The van der Waals surface area contributed by atoms with E-state index in [2.05, 4.69) is 45.5 Å². The largest absolute Gasteiger partial charge is 0.497 e. The zero-order chi connectivity index (χ0) is 12.3. The van der Waals surface area contributed by atoms with Gasteiger partial charge in [-0.2, -0.15) is 15.0 Å². The molecule has 0 saturated heterocycles. The maximum Gasteiger partial charge on any atom is 0.232 e. The van der Waals surface area contributed by atoms with E-state index in [1.807, 2.05) is 24.3 Å². The number of hydrogen-bond donors (Lipinski definition) is 3. The summed E-state index contributed by atoms with van der Waals surface area (Å²) in [6.07, 6.45) is 0. The highest BCUT2D eigenvalue weighted by molar-refractivity contribution is 7.80. The number of aromatic nitrogens is 3. The Morgan fingerprint density at radius 3 is 2.12 bits per heavy atom. The van der Waals surface area contributed by atoms with Crippen molar-refractivity contribution in [1.29, 1.82) is 0 Å². The number of anilines is 2. The van der Waals surface area contributed by atoms with Gasteiger partial charge in [-0.05, 0) is 24.3 Å². The van der Waals surface area contributed by atoms with Crippen LogP contribution >= 0.6 is 25.3 Å². The maximum atomic E-state index is 5.06. The predicted octanol–water partition coefficient (Wildman–Crippen LogP) is 2.20. The van der Waals surface area contributed by atoms with Crippen molar-refractivity contribution >= 4 is 36.9 Å². The van der Waals surface area contributed by atoms with Gasteiger partial charge in [-0.1, -0.05) is 0 Å². The number of hydrogen-bond acceptors (Lipinski definition) is 7. The van der Waals surface area contributed by atoms with Gasteiger partial charge in [-0.25, -0.2) is 0 Å². The van der Waals surface area contributed by atoms with E-state index in [1.54, 1.807) is 7.11 Å². The first-order valence-corrected chi connectivity index (χ1v) is 5.62. The number of nitrogens with one attached hydrogen (secondary N) is 1. The Morgan fingerprint density at radius 2 is 1.59 bits per heavy atom. The first-order valence-electron chi connectivity index (χ1n) is 4.72. The molecule has 0 fully saturated rings. The second-order valence-electron chi connectivity index (χ2n) is 3.11. The smallest absolute Gasteiger partial charge is 0.232 e. The van der Waals surface area contributed by atoms with Gasteiger partial charge in [-0.3, -0.25) is 0 Å². The van der Waals surface area contributed by atoms with Crippen LogP contribution in [-0.4, -0.2) is 22.1 Å². The molecule has 88 valence electrons. The summed E-state index contributed by atoms with van der Waals surface area (Å²) in [6, 6.07) is 7.40. The summed E-state index contributed by atoms with van der Waals surface area (Å²) in [5.41, 5.74) is 0.845. The van der Waals surface area contributed by atoms with E-state index < -0.39 is 0 Å². The Kier molecular flexibility index (Phi) is 3.70. The van der Waals surface area contributed by atoms with E-state index in [9.17, 15) is 0 Å². The number of thiol groups is 2. The van der Waals surface area contributed by atoms with Gasteiger partial charge < -0.3 is 10.1 Å². The molecule has 1 N–H and O–H groups in total. The molecule has 0 amide bonds. The third-order valence-corrected chi connectivity index (χ3v) is 2.36. The van der Waals surface area contributed by atoms with Crippen LogP contribution in [0.3, 0.4) is 0 Å². The molecule has 0 radical (unpaired) electrons. The van der Waals surface area contributed by atoms with Gasteiger partial charge in [0, 0.05) is 5.69 Å². The molecule has 1 heterocycles. The number of benzene rings is 1. The fraction of sp³-hybridized carbons (Fsp3) is 0.100. The molecule has 1 aromatic heterocycles. The van der Waals surface area contributed by atoms with E-state index in [1.165, 1.54) is 0 Å². The van der Waals surface area contributed by atoms with Crippen molar-refractivity contribution in [2.75, 3.05) is 12.4 Å². The van der Waals surface area contributed by atoms with Crippen LogP contribution in [0.2, 0.25) is 0 Å². The monoisotopic (exact) mass is 266 g/mol. The van der Waals surface area contributed by atoms with E-state index >= 15 is 0 Å². The minimum atomic E-state index is 0.320. The molecule has 17 heavy (non-hydrogen) atoms. The van der Waals surface area contributed by atoms with Crippen molar-refractivity contribution in [3.63, 3.8) is 0 Å². The van der Waals surface area contributed by atoms with Crippen molar-refractivity contribution in [2.24, 2.45) is 0 Å². The number of ether oxygens (including phenoxy) is 1. The summed E-state index contributed by atoms with van der Waals surface area (Å²) < 4.78 is 5.06. The second kappa shape index (κ2) is 5.24. The third kappa shape index (κ3) is 3.24. The minimum Gasteiger partial charge on any atom is -0.497 e. The lowest BCUT2D eigenvalue weighted by Gasteiger charge is -2.06. The molecule has 5 nitrogen and oxygen atoms in total. The average molecular weight is 266 g/mol. The van der Waals surface area contributed by atoms with Crippen LogP contribution in [0.15, 0.2) is 34.6 Å². The second-order valence-corrected chi connectivity index (χ2v) is 3.91. The summed E-state index contributed by atoms with van der Waals surface area (Å²) in [4.78, 5) is 11.9. The summed E-state index contributed by atoms with van der Waals surface area (Å²) in [5.74, 6) is 1.19. The first kappa shape index (κ1) is 12.0. The van der Waals surface area contributed by atoms with Gasteiger partial charge in [0.05, 0.1) is 7.11 Å². The normalized spacial score (nSPS) is 10.1. The van der Waals surface area contributed by atoms with Crippen molar-refractivity contribution in [2.45, 2.75) is 10.3 Å². The molecule has 0 aliphatic carbocycles. The molecule has 7 heteroatoms. The Morgan fingerprint density at radius 1 is 1.00 bits per heavy atom. The first-order chi connectivity index (χ1) is 8.17. The molecule has 0 aliphatic rings. The van der Waals surface area contributed by atoms with Crippen LogP contribution in [0.5, 0.6) is 5.75 Å². The fourth-order valence-electron chi connectivity index (χ4n) is 1.21. The van der Waals surface area contributed by atoms with Crippen molar-refractivity contribution < 1.29 is 4.74 Å². The van der Waals surface area contributed by atoms with Crippen LogP contribution < -0.4 is 10.1 Å². The van der Waals surface area contributed by atoms with Crippen molar-refractivity contribution in [3.8, 4) is 5.75 Å². The van der Waals surface area contributed by atoms with Gasteiger partial charge in [-0.15, -0.1) is 25.3 Å². The molecule has 2 rings (SSSR count). The van der Waals surface area contributed by atoms with E-state index in [-0.39, 0.29) is 0 Å². The Bertz CT molecular complexity index is 498. The number of nitrogens with zero attached hydrogens (tertiary/aromatic N) is 3. The summed E-state index contributed by atoms with van der Waals surface area (Å²) >= 11 is 8.10. The summed E-state index contributed by atoms with van der Waals surface area (Å²) in [6.45, 7) is 0. The zero-order valence-corrected chi connectivity index (χ0v) is 10.7. The Balaban J connectivity index is 2.19. The van der Waals surface area contributed by atoms with Crippen LogP contribution in [-0.2, 0) is 0 Å². The quantitative estimate of drug-likeness (QED) is 0.744. The van der Waals surface area contributed by atoms with Gasteiger partial charge >= 0.3 is 0 Å². The molecular weight excluding hydrogens is 256 g/mol. The SMILES string of the molecule is COc1ccc(Nc2nc(S)nc(S)n2)cc1. The number of methoxy groups -OCH3 is 1. The highest BCUT2D eigenvalue weighted by Crippen LogP contribution is 2.18. The van der Waals surface area contributed by atoms with Crippen molar-refractivity contribution in [3.05, 3.63) is 24.3 Å². The molecular formula is C10H10N4OS2. The van der Waals surface area contributed by atoms with Crippen LogP contribution in [0, 0.1) is 0 Å². The predicted molar refractivity (Wildman–Crippen MR) is 70.6 cm³/mol. The minimum absolute atomic E-state index is 0.320. The fourth-order valence-corrected chi connectivity index (χ4v) is 1.67. The maximum absolute atomic E-state index is 5.06. The van der Waals surface area contributed by atoms with E-state index in [0.29, 0.717) is 16.3 Å². The van der Waals surface area contributed by atoms with Gasteiger partial charge in [0.2, 0.25) is 5.95 Å². The molecule has 0 bridgehead atoms. The van der Waals surface area contributed by atoms with Crippen LogP contribution in [0.25, 0.3) is 0 Å². The molecule has 2 aromatic rings. The van der Waals surface area contributed by atoms with Gasteiger partial charge in [0.15, 0.2) is 10.3 Å². The molecule has 1 aromatic carbocycles. The topological polar surface area (TPSA) is 59.9 Å². The standard InChI is InChI=1S/C10H10N4OS2/c1-15-7-4-2-6(3-5-7)11-8-12-9(16)14-10(17)13-8/h2-5H,1H3,(H3,11,12,13,14,16,17). The molecule has 0 unspecified atom stereocenters. The van der Waals surface area contributed by atoms with E-state index in [4.69, 9.17) is 4.74 Å². The van der Waals surface area contributed by atoms with Crippen LogP contribution in [0.4, 0.5) is 11.6 Å². The lowest BCUT2D eigenvalue weighted by Crippen LogP contribution is -2.00. The molecule has 0 saturated carbocycles. The average Bonchev–Trinajstić information content (AvgIpc) is 2.28. The van der Waals surface area contributed by atoms with Gasteiger partial charge in [0.1, 0.15) is 5.75 Å². The highest BCUT2D eigenvalue weighted by Gasteiger charge is 2.02. The lowest BCUT2D eigenvalue weighted by atomic mass is 10.3. The summed E-state index contributed by atoms with van der Waals surface area (Å²) in [5, 5.41) is 3.66. The molecule has 0 aliphatic heterocycles. The van der Waals surface area contributed by atoms with Gasteiger partial charge in [0.25, 0.3) is 0 Å². The third-order valence-electron chi connectivity index (χ3n) is 1.96. The van der Waals surface area contributed by atoms with Crippen LogP contribution in [0.1, 0.15) is 0 Å². The number of rotatable bonds is 3. The van der Waals surface area contributed by atoms with E-state index in [0.717, 1.165) is 11.4 Å².